The van der Waals surface area contributed by atoms with E-state index in [0.29, 0.717) is 12.8 Å². The summed E-state index contributed by atoms with van der Waals surface area (Å²) in [5.74, 6) is -0.478. The van der Waals surface area contributed by atoms with Gasteiger partial charge in [-0.25, -0.2) is 0 Å². The number of hydrogen-bond donors (Lipinski definition) is 0. The lowest BCUT2D eigenvalue weighted by Crippen LogP contribution is -1.96. The lowest BCUT2D eigenvalue weighted by atomic mass is 10.0. The molecule has 0 aromatic carbocycles. The summed E-state index contributed by atoms with van der Waals surface area (Å²) in [6.45, 7) is 4.53. The number of amides is 2. The van der Waals surface area contributed by atoms with Gasteiger partial charge in [0, 0.05) is 12.8 Å². The van der Waals surface area contributed by atoms with Gasteiger partial charge in [-0.15, -0.1) is 10.2 Å². The van der Waals surface area contributed by atoms with Crippen LogP contribution in [0.1, 0.15) is 194 Å². The first kappa shape index (κ1) is 34.9. The van der Waals surface area contributed by atoms with Crippen molar-refractivity contribution in [3.05, 3.63) is 0 Å². The quantitative estimate of drug-likeness (QED) is 0.0782. The summed E-state index contributed by atoms with van der Waals surface area (Å²) in [5.41, 5.74) is 0. The molecule has 212 valence electrons. The molecule has 4 nitrogen and oxygen atoms in total. The summed E-state index contributed by atoms with van der Waals surface area (Å²) in [7, 11) is 0. The third-order valence-corrected chi connectivity index (χ3v) is 7.26. The van der Waals surface area contributed by atoms with E-state index in [2.05, 4.69) is 24.1 Å². The lowest BCUT2D eigenvalue weighted by Gasteiger charge is -2.02. The van der Waals surface area contributed by atoms with Crippen molar-refractivity contribution in [2.75, 3.05) is 0 Å². The van der Waals surface area contributed by atoms with Crippen LogP contribution in [-0.2, 0) is 9.59 Å². The average Bonchev–Trinajstić information content (AvgIpc) is 2.88. The van der Waals surface area contributed by atoms with Gasteiger partial charge >= 0.3 is 0 Å². The molecule has 0 saturated heterocycles. The fourth-order valence-electron chi connectivity index (χ4n) is 4.80. The van der Waals surface area contributed by atoms with Crippen LogP contribution in [0, 0.1) is 0 Å². The van der Waals surface area contributed by atoms with Gasteiger partial charge in [-0.3, -0.25) is 9.59 Å². The van der Waals surface area contributed by atoms with Crippen molar-refractivity contribution in [3.63, 3.8) is 0 Å². The topological polar surface area (TPSA) is 58.9 Å². The van der Waals surface area contributed by atoms with Crippen molar-refractivity contribution in [3.8, 4) is 0 Å². The highest BCUT2D eigenvalue weighted by molar-refractivity contribution is 5.81. The highest BCUT2D eigenvalue weighted by Crippen LogP contribution is 2.14. The molecule has 0 bridgehead atoms. The van der Waals surface area contributed by atoms with Crippen LogP contribution >= 0.6 is 0 Å². The van der Waals surface area contributed by atoms with Crippen molar-refractivity contribution < 1.29 is 9.59 Å². The van der Waals surface area contributed by atoms with Crippen LogP contribution in [0.4, 0.5) is 0 Å². The number of nitrogens with zero attached hydrogens (tertiary/aromatic N) is 2. The smallest absolute Gasteiger partial charge is 0.264 e. The fourth-order valence-corrected chi connectivity index (χ4v) is 4.80. The number of azo groups is 1. The van der Waals surface area contributed by atoms with Crippen LogP contribution < -0.4 is 0 Å². The largest absolute Gasteiger partial charge is 0.271 e. The first-order chi connectivity index (χ1) is 17.7. The minimum atomic E-state index is -0.239. The molecule has 0 aromatic rings. The fraction of sp³-hybridized carbons (Fsp3) is 0.938. The molecule has 0 spiro atoms. The van der Waals surface area contributed by atoms with E-state index in [1.807, 2.05) is 0 Å². The van der Waals surface area contributed by atoms with Crippen LogP contribution in [0.3, 0.4) is 0 Å². The van der Waals surface area contributed by atoms with Gasteiger partial charge < -0.3 is 0 Å². The highest BCUT2D eigenvalue weighted by Gasteiger charge is 2.03. The van der Waals surface area contributed by atoms with E-state index in [9.17, 15) is 9.59 Å². The molecule has 0 aliphatic heterocycles. The molecule has 2 amide bonds. The molecule has 0 aliphatic carbocycles. The Balaban J connectivity index is 3.37. The molecule has 4 heteroatoms. The van der Waals surface area contributed by atoms with Gasteiger partial charge in [-0.05, 0) is 12.8 Å². The summed E-state index contributed by atoms with van der Waals surface area (Å²) < 4.78 is 0. The maximum atomic E-state index is 11.8. The molecule has 0 aromatic heterocycles. The van der Waals surface area contributed by atoms with Gasteiger partial charge in [-0.1, -0.05) is 168 Å². The van der Waals surface area contributed by atoms with E-state index in [-0.39, 0.29) is 11.8 Å². The normalized spacial score (nSPS) is 11.5. The zero-order chi connectivity index (χ0) is 26.4. The van der Waals surface area contributed by atoms with Gasteiger partial charge in [0.2, 0.25) is 0 Å². The Bertz CT molecular complexity index is 460. The molecule has 0 saturated carbocycles. The molecular weight excluding hydrogens is 444 g/mol. The second-order valence-corrected chi connectivity index (χ2v) is 11.0. The Kier molecular flexibility index (Phi) is 29.3. The highest BCUT2D eigenvalue weighted by atomic mass is 16.2. The van der Waals surface area contributed by atoms with Crippen molar-refractivity contribution in [1.29, 1.82) is 0 Å². The maximum Gasteiger partial charge on any atom is 0.264 e. The van der Waals surface area contributed by atoms with Crippen LogP contribution in [0.15, 0.2) is 10.2 Å². The molecule has 0 N–H and O–H groups in total. The molecule has 0 atom stereocenters. The Morgan fingerprint density at radius 2 is 0.528 bits per heavy atom. The second kappa shape index (κ2) is 30.2. The minimum Gasteiger partial charge on any atom is -0.271 e. The number of hydrogen-bond acceptors (Lipinski definition) is 2. The molecule has 36 heavy (non-hydrogen) atoms. The van der Waals surface area contributed by atoms with E-state index >= 15 is 0 Å². The Morgan fingerprint density at radius 1 is 0.333 bits per heavy atom. The van der Waals surface area contributed by atoms with Gasteiger partial charge in [0.15, 0.2) is 0 Å². The van der Waals surface area contributed by atoms with Crippen molar-refractivity contribution in [1.82, 2.24) is 0 Å². The Morgan fingerprint density at radius 3 is 0.750 bits per heavy atom. The van der Waals surface area contributed by atoms with E-state index in [0.717, 1.165) is 25.7 Å². The summed E-state index contributed by atoms with van der Waals surface area (Å²) in [6.07, 6.45) is 34.4. The monoisotopic (exact) mass is 506 g/mol. The molecule has 0 heterocycles. The molecule has 0 radical (unpaired) electrons. The third kappa shape index (κ3) is 29.2. The van der Waals surface area contributed by atoms with Crippen molar-refractivity contribution in [2.45, 2.75) is 194 Å². The van der Waals surface area contributed by atoms with Crippen LogP contribution in [0.25, 0.3) is 0 Å². The third-order valence-electron chi connectivity index (χ3n) is 7.26. The number of unbranched alkanes of at least 4 members (excludes halogenated alkanes) is 24. The zero-order valence-electron chi connectivity index (χ0n) is 24.5. The molecule has 0 fully saturated rings. The van der Waals surface area contributed by atoms with E-state index in [1.54, 1.807) is 0 Å². The molecule has 0 aliphatic rings. The first-order valence-corrected chi connectivity index (χ1v) is 16.2. The minimum absolute atomic E-state index is 0.239. The number of carbonyl (C=O) groups excluding carboxylic acids is 2. The van der Waals surface area contributed by atoms with Gasteiger partial charge in [0.05, 0.1) is 0 Å². The maximum absolute atomic E-state index is 11.8. The van der Waals surface area contributed by atoms with Gasteiger partial charge in [-0.2, -0.15) is 0 Å². The summed E-state index contributed by atoms with van der Waals surface area (Å²) in [5, 5.41) is 7.27. The predicted molar refractivity (Wildman–Crippen MR) is 155 cm³/mol. The van der Waals surface area contributed by atoms with E-state index in [4.69, 9.17) is 0 Å². The number of carbonyl (C=O) groups is 2. The molecular formula is C32H62N2O2. The summed E-state index contributed by atoms with van der Waals surface area (Å²) in [4.78, 5) is 23.7. The van der Waals surface area contributed by atoms with Crippen LogP contribution in [-0.4, -0.2) is 11.8 Å². The first-order valence-electron chi connectivity index (χ1n) is 16.2. The van der Waals surface area contributed by atoms with Crippen LogP contribution in [0.5, 0.6) is 0 Å². The van der Waals surface area contributed by atoms with E-state index in [1.165, 1.54) is 141 Å². The second-order valence-electron chi connectivity index (χ2n) is 11.0. The average molecular weight is 507 g/mol. The Hall–Kier alpha value is -1.06. The van der Waals surface area contributed by atoms with Gasteiger partial charge in [0.25, 0.3) is 11.8 Å². The number of rotatable bonds is 28. The van der Waals surface area contributed by atoms with Crippen molar-refractivity contribution in [2.24, 2.45) is 10.2 Å². The SMILES string of the molecule is CCCCCCCCCCCCCCCC(=O)N=NC(=O)CCCCCCCCCCCCCCC. The standard InChI is InChI=1S/C32H62N2O2/c1-3-5-7-9-11-13-15-17-19-21-23-25-27-29-31(35)33-34-32(36)30-28-26-24-22-20-18-16-14-12-10-8-6-4-2/h3-30H2,1-2H3. The van der Waals surface area contributed by atoms with Gasteiger partial charge in [0.1, 0.15) is 0 Å². The summed E-state index contributed by atoms with van der Waals surface area (Å²) in [6, 6.07) is 0. The molecule has 0 unspecified atom stereocenters. The predicted octanol–water partition coefficient (Wildman–Crippen LogP) is 11.5. The van der Waals surface area contributed by atoms with Crippen LogP contribution in [0.2, 0.25) is 0 Å². The zero-order valence-corrected chi connectivity index (χ0v) is 24.5. The van der Waals surface area contributed by atoms with Crippen molar-refractivity contribution >= 4 is 11.8 Å². The lowest BCUT2D eigenvalue weighted by molar-refractivity contribution is -0.122. The Labute approximate surface area is 225 Å². The van der Waals surface area contributed by atoms with E-state index < -0.39 is 0 Å². The summed E-state index contributed by atoms with van der Waals surface area (Å²) >= 11 is 0. The molecule has 0 rings (SSSR count).